The standard InChI is InChI=1S/C23H29BrN2O3S/c1-15-13-17(3)22(14-16(15)2)18(4)25-23(27)19-9-11-26(12-10-19)30(28,29)21-7-5-20(24)6-8-21/h5-8,13-14,18-19H,9-12H2,1-4H3,(H,25,27). The van der Waals surface area contributed by atoms with Gasteiger partial charge in [-0.15, -0.1) is 0 Å². The van der Waals surface area contributed by atoms with E-state index in [4.69, 9.17) is 0 Å². The number of carbonyl (C=O) groups excluding carboxylic acids is 1. The second kappa shape index (κ2) is 9.20. The van der Waals surface area contributed by atoms with Crippen LogP contribution in [0.4, 0.5) is 0 Å². The van der Waals surface area contributed by atoms with Gasteiger partial charge < -0.3 is 5.32 Å². The topological polar surface area (TPSA) is 66.5 Å². The second-order valence-corrected chi connectivity index (χ2v) is 11.0. The van der Waals surface area contributed by atoms with Crippen molar-refractivity contribution in [2.24, 2.45) is 5.92 Å². The molecular formula is C23H29BrN2O3S. The highest BCUT2D eigenvalue weighted by atomic mass is 79.9. The van der Waals surface area contributed by atoms with Gasteiger partial charge >= 0.3 is 0 Å². The number of aryl methyl sites for hydroxylation is 3. The van der Waals surface area contributed by atoms with Crippen LogP contribution in [0.5, 0.6) is 0 Å². The fourth-order valence-electron chi connectivity index (χ4n) is 3.97. The summed E-state index contributed by atoms with van der Waals surface area (Å²) < 4.78 is 28.0. The molecule has 2 aromatic rings. The van der Waals surface area contributed by atoms with Crippen LogP contribution in [0.1, 0.15) is 48.1 Å². The zero-order valence-electron chi connectivity index (χ0n) is 17.9. The highest BCUT2D eigenvalue weighted by Crippen LogP contribution is 2.27. The molecule has 5 nitrogen and oxygen atoms in total. The van der Waals surface area contributed by atoms with Gasteiger partial charge in [0.05, 0.1) is 10.9 Å². The molecule has 1 heterocycles. The molecule has 1 fully saturated rings. The number of sulfonamides is 1. The number of nitrogens with zero attached hydrogens (tertiary/aromatic N) is 1. The summed E-state index contributed by atoms with van der Waals surface area (Å²) in [6.45, 7) is 8.94. The molecule has 1 aliphatic rings. The Hall–Kier alpha value is -1.70. The van der Waals surface area contributed by atoms with E-state index < -0.39 is 10.0 Å². The second-order valence-electron chi connectivity index (χ2n) is 8.16. The van der Waals surface area contributed by atoms with E-state index in [0.29, 0.717) is 25.9 Å². The first kappa shape index (κ1) is 23.0. The van der Waals surface area contributed by atoms with Gasteiger partial charge in [-0.1, -0.05) is 28.1 Å². The van der Waals surface area contributed by atoms with Crippen molar-refractivity contribution < 1.29 is 13.2 Å². The van der Waals surface area contributed by atoms with Crippen LogP contribution >= 0.6 is 15.9 Å². The fraction of sp³-hybridized carbons (Fsp3) is 0.435. The van der Waals surface area contributed by atoms with Crippen molar-refractivity contribution in [3.63, 3.8) is 0 Å². The predicted molar refractivity (Wildman–Crippen MR) is 123 cm³/mol. The zero-order chi connectivity index (χ0) is 22.1. The van der Waals surface area contributed by atoms with Crippen LogP contribution in [0.2, 0.25) is 0 Å². The highest BCUT2D eigenvalue weighted by Gasteiger charge is 2.32. The van der Waals surface area contributed by atoms with Crippen LogP contribution in [-0.4, -0.2) is 31.7 Å². The van der Waals surface area contributed by atoms with Crippen LogP contribution < -0.4 is 5.32 Å². The van der Waals surface area contributed by atoms with Gasteiger partial charge in [-0.25, -0.2) is 8.42 Å². The minimum atomic E-state index is -3.53. The van der Waals surface area contributed by atoms with E-state index in [1.165, 1.54) is 21.0 Å². The summed E-state index contributed by atoms with van der Waals surface area (Å²) in [5.74, 6) is -0.170. The lowest BCUT2D eigenvalue weighted by atomic mass is 9.94. The molecule has 1 N–H and O–H groups in total. The third-order valence-electron chi connectivity index (χ3n) is 5.98. The molecule has 162 valence electrons. The maximum atomic E-state index is 12.8. The molecule has 1 aliphatic heterocycles. The maximum absolute atomic E-state index is 12.8. The minimum Gasteiger partial charge on any atom is -0.349 e. The molecule has 0 radical (unpaired) electrons. The summed E-state index contributed by atoms with van der Waals surface area (Å²) in [5, 5.41) is 3.13. The number of halogens is 1. The lowest BCUT2D eigenvalue weighted by molar-refractivity contribution is -0.126. The number of rotatable bonds is 5. The lowest BCUT2D eigenvalue weighted by Crippen LogP contribution is -2.43. The van der Waals surface area contributed by atoms with Gasteiger partial charge in [0.2, 0.25) is 15.9 Å². The average Bonchev–Trinajstić information content (AvgIpc) is 2.71. The Balaban J connectivity index is 1.61. The molecule has 0 aromatic heterocycles. The number of amides is 1. The fourth-order valence-corrected chi connectivity index (χ4v) is 5.71. The van der Waals surface area contributed by atoms with Gasteiger partial charge in [0.15, 0.2) is 0 Å². The van der Waals surface area contributed by atoms with Crippen molar-refractivity contribution >= 4 is 31.9 Å². The molecule has 0 saturated carbocycles. The third-order valence-corrected chi connectivity index (χ3v) is 8.43. The molecule has 2 aromatic carbocycles. The molecule has 0 aliphatic carbocycles. The number of hydrogen-bond donors (Lipinski definition) is 1. The molecule has 1 amide bonds. The van der Waals surface area contributed by atoms with E-state index in [-0.39, 0.29) is 22.8 Å². The molecule has 1 atom stereocenters. The number of carbonyl (C=O) groups is 1. The lowest BCUT2D eigenvalue weighted by Gasteiger charge is -2.31. The largest absolute Gasteiger partial charge is 0.349 e. The highest BCUT2D eigenvalue weighted by molar-refractivity contribution is 9.10. The molecule has 7 heteroatoms. The summed E-state index contributed by atoms with van der Waals surface area (Å²) in [6, 6.07) is 10.9. The van der Waals surface area contributed by atoms with Crippen molar-refractivity contribution in [2.75, 3.05) is 13.1 Å². The van der Waals surface area contributed by atoms with Crippen molar-refractivity contribution in [3.8, 4) is 0 Å². The summed E-state index contributed by atoms with van der Waals surface area (Å²) in [4.78, 5) is 13.1. The molecule has 1 unspecified atom stereocenters. The first-order valence-electron chi connectivity index (χ1n) is 10.2. The average molecular weight is 493 g/mol. The Bertz CT molecular complexity index is 1030. The molecule has 1 saturated heterocycles. The molecule has 30 heavy (non-hydrogen) atoms. The Morgan fingerprint density at radius 2 is 1.60 bits per heavy atom. The summed E-state index contributed by atoms with van der Waals surface area (Å²) in [5.41, 5.74) is 4.75. The predicted octanol–water partition coefficient (Wildman–Crippen LogP) is 4.65. The number of benzene rings is 2. The van der Waals surface area contributed by atoms with E-state index >= 15 is 0 Å². The number of piperidine rings is 1. The van der Waals surface area contributed by atoms with Gasteiger partial charge in [-0.2, -0.15) is 4.31 Å². The molecule has 3 rings (SSSR count). The van der Waals surface area contributed by atoms with Crippen LogP contribution in [0.25, 0.3) is 0 Å². The van der Waals surface area contributed by atoms with Gasteiger partial charge in [0.25, 0.3) is 0 Å². The van der Waals surface area contributed by atoms with Gasteiger partial charge in [0.1, 0.15) is 0 Å². The minimum absolute atomic E-state index is 0.000757. The van der Waals surface area contributed by atoms with E-state index in [0.717, 1.165) is 10.0 Å². The Morgan fingerprint density at radius 3 is 2.20 bits per heavy atom. The summed E-state index contributed by atoms with van der Waals surface area (Å²) >= 11 is 3.33. The van der Waals surface area contributed by atoms with E-state index in [9.17, 15) is 13.2 Å². The molecule has 0 spiro atoms. The van der Waals surface area contributed by atoms with E-state index in [2.05, 4.69) is 54.2 Å². The van der Waals surface area contributed by atoms with Crippen LogP contribution in [0.3, 0.4) is 0 Å². The van der Waals surface area contributed by atoms with Gasteiger partial charge in [-0.3, -0.25) is 4.79 Å². The molecular weight excluding hydrogens is 464 g/mol. The van der Waals surface area contributed by atoms with Crippen molar-refractivity contribution in [2.45, 2.75) is 51.5 Å². The van der Waals surface area contributed by atoms with Crippen molar-refractivity contribution in [1.29, 1.82) is 0 Å². The van der Waals surface area contributed by atoms with Crippen molar-refractivity contribution in [3.05, 3.63) is 63.1 Å². The monoisotopic (exact) mass is 492 g/mol. The Kier molecular flexibility index (Phi) is 7.05. The summed E-state index contributed by atoms with van der Waals surface area (Å²) in [7, 11) is -3.53. The van der Waals surface area contributed by atoms with Crippen LogP contribution in [0, 0.1) is 26.7 Å². The van der Waals surface area contributed by atoms with E-state index in [1.54, 1.807) is 24.3 Å². The maximum Gasteiger partial charge on any atom is 0.243 e. The van der Waals surface area contributed by atoms with Crippen LogP contribution in [-0.2, 0) is 14.8 Å². The normalized spacial score (nSPS) is 17.0. The van der Waals surface area contributed by atoms with Gasteiger partial charge in [0, 0.05) is 23.5 Å². The SMILES string of the molecule is Cc1cc(C)c(C(C)NC(=O)C2CCN(S(=O)(=O)c3ccc(Br)cc3)CC2)cc1C. The third kappa shape index (κ3) is 4.95. The quantitative estimate of drug-likeness (QED) is 0.660. The van der Waals surface area contributed by atoms with Crippen molar-refractivity contribution in [1.82, 2.24) is 9.62 Å². The van der Waals surface area contributed by atoms with E-state index in [1.807, 2.05) is 6.92 Å². The van der Waals surface area contributed by atoms with Crippen LogP contribution in [0.15, 0.2) is 45.8 Å². The van der Waals surface area contributed by atoms with Gasteiger partial charge in [-0.05, 0) is 87.1 Å². The Morgan fingerprint density at radius 1 is 1.03 bits per heavy atom. The first-order valence-corrected chi connectivity index (χ1v) is 12.5. The summed E-state index contributed by atoms with van der Waals surface area (Å²) in [6.07, 6.45) is 1.06. The first-order chi connectivity index (χ1) is 14.1. The smallest absolute Gasteiger partial charge is 0.243 e. The zero-order valence-corrected chi connectivity index (χ0v) is 20.3. The number of hydrogen-bond acceptors (Lipinski definition) is 3. The molecule has 0 bridgehead atoms. The number of nitrogens with one attached hydrogen (secondary N) is 1. The Labute approximate surface area is 188 Å².